The van der Waals surface area contributed by atoms with Gasteiger partial charge in [-0.05, 0) is 26.2 Å². The van der Waals surface area contributed by atoms with Gasteiger partial charge in [0.25, 0.3) is 0 Å². The van der Waals surface area contributed by atoms with E-state index in [2.05, 4.69) is 35.9 Å². The standard InChI is InChI=1S/C12H23Br/c1-3-4-5-6-7-9-12(2)10-8-11-13/h10H,3-9,11H2,1-2H3. The second-order valence-electron chi connectivity index (χ2n) is 3.69. The van der Waals surface area contributed by atoms with Gasteiger partial charge in [-0.3, -0.25) is 0 Å². The van der Waals surface area contributed by atoms with E-state index in [4.69, 9.17) is 0 Å². The molecule has 0 aliphatic rings. The molecule has 0 unspecified atom stereocenters. The van der Waals surface area contributed by atoms with E-state index in [1.165, 1.54) is 44.9 Å². The predicted octanol–water partition coefficient (Wildman–Crippen LogP) is 5.08. The Labute approximate surface area is 91.9 Å². The summed E-state index contributed by atoms with van der Waals surface area (Å²) in [4.78, 5) is 0. The van der Waals surface area contributed by atoms with Gasteiger partial charge in [-0.25, -0.2) is 0 Å². The molecule has 0 aliphatic carbocycles. The van der Waals surface area contributed by atoms with Crippen LogP contribution >= 0.6 is 15.9 Å². The summed E-state index contributed by atoms with van der Waals surface area (Å²) >= 11 is 3.44. The first-order valence-corrected chi connectivity index (χ1v) is 6.65. The highest BCUT2D eigenvalue weighted by Gasteiger charge is 1.91. The third-order valence-electron chi connectivity index (χ3n) is 2.28. The van der Waals surface area contributed by atoms with Gasteiger partial charge < -0.3 is 0 Å². The van der Waals surface area contributed by atoms with Crippen LogP contribution in [0.3, 0.4) is 0 Å². The average Bonchev–Trinajstić information content (AvgIpc) is 2.14. The Morgan fingerprint density at radius 3 is 2.46 bits per heavy atom. The van der Waals surface area contributed by atoms with Gasteiger partial charge in [0.05, 0.1) is 0 Å². The van der Waals surface area contributed by atoms with Crippen molar-refractivity contribution in [1.29, 1.82) is 0 Å². The molecule has 0 aromatic carbocycles. The lowest BCUT2D eigenvalue weighted by molar-refractivity contribution is 0.630. The lowest BCUT2D eigenvalue weighted by Gasteiger charge is -2.01. The number of hydrogen-bond acceptors (Lipinski definition) is 0. The van der Waals surface area contributed by atoms with E-state index in [0.717, 1.165) is 5.33 Å². The molecule has 0 amide bonds. The van der Waals surface area contributed by atoms with Crippen LogP contribution in [0.25, 0.3) is 0 Å². The van der Waals surface area contributed by atoms with Crippen molar-refractivity contribution in [3.8, 4) is 0 Å². The summed E-state index contributed by atoms with van der Waals surface area (Å²) in [5, 5.41) is 1.10. The lowest BCUT2D eigenvalue weighted by Crippen LogP contribution is -1.81. The van der Waals surface area contributed by atoms with Crippen molar-refractivity contribution < 1.29 is 0 Å². The Morgan fingerprint density at radius 2 is 1.85 bits per heavy atom. The fourth-order valence-corrected chi connectivity index (χ4v) is 1.64. The average molecular weight is 247 g/mol. The summed E-state index contributed by atoms with van der Waals surface area (Å²) in [5.41, 5.74) is 1.57. The molecule has 13 heavy (non-hydrogen) atoms. The van der Waals surface area contributed by atoms with Crippen molar-refractivity contribution >= 4 is 15.9 Å². The molecule has 0 spiro atoms. The van der Waals surface area contributed by atoms with Crippen LogP contribution in [0, 0.1) is 0 Å². The summed E-state index contributed by atoms with van der Waals surface area (Å²) in [6, 6.07) is 0. The molecule has 0 heterocycles. The van der Waals surface area contributed by atoms with Gasteiger partial charge in [-0.1, -0.05) is 60.2 Å². The zero-order valence-corrected chi connectivity index (χ0v) is 10.7. The molecule has 0 aliphatic heterocycles. The maximum atomic E-state index is 3.44. The third kappa shape index (κ3) is 10.1. The van der Waals surface area contributed by atoms with E-state index in [1.54, 1.807) is 5.57 Å². The highest BCUT2D eigenvalue weighted by atomic mass is 79.9. The predicted molar refractivity (Wildman–Crippen MR) is 65.5 cm³/mol. The molecule has 78 valence electrons. The highest BCUT2D eigenvalue weighted by Crippen LogP contribution is 2.11. The van der Waals surface area contributed by atoms with Crippen molar-refractivity contribution in [2.24, 2.45) is 0 Å². The normalized spacial score (nSPS) is 12.1. The number of halogens is 1. The molecule has 0 atom stereocenters. The van der Waals surface area contributed by atoms with Gasteiger partial charge >= 0.3 is 0 Å². The number of rotatable bonds is 8. The summed E-state index contributed by atoms with van der Waals surface area (Å²) in [6.07, 6.45) is 11.8. The van der Waals surface area contributed by atoms with E-state index >= 15 is 0 Å². The van der Waals surface area contributed by atoms with Gasteiger partial charge in [-0.15, -0.1) is 0 Å². The van der Waals surface area contributed by atoms with Crippen LogP contribution in [0.5, 0.6) is 0 Å². The zero-order valence-electron chi connectivity index (χ0n) is 9.11. The van der Waals surface area contributed by atoms with Crippen molar-refractivity contribution in [2.75, 3.05) is 5.33 Å². The van der Waals surface area contributed by atoms with Crippen LogP contribution in [0.2, 0.25) is 0 Å². The molecular formula is C12H23Br. The SMILES string of the molecule is CCCCCCCC(C)=CCCBr. The van der Waals surface area contributed by atoms with Crippen LogP contribution < -0.4 is 0 Å². The van der Waals surface area contributed by atoms with Gasteiger partial charge in [0, 0.05) is 5.33 Å². The minimum atomic E-state index is 1.10. The van der Waals surface area contributed by atoms with Crippen LogP contribution in [0.15, 0.2) is 11.6 Å². The maximum Gasteiger partial charge on any atom is 0.00660 e. The monoisotopic (exact) mass is 246 g/mol. The molecule has 1 heteroatoms. The van der Waals surface area contributed by atoms with Crippen molar-refractivity contribution in [2.45, 2.75) is 58.8 Å². The molecular weight excluding hydrogens is 224 g/mol. The first-order chi connectivity index (χ1) is 6.31. The molecule has 0 fully saturated rings. The third-order valence-corrected chi connectivity index (χ3v) is 2.73. The van der Waals surface area contributed by atoms with E-state index in [9.17, 15) is 0 Å². The molecule has 0 nitrogen and oxygen atoms in total. The van der Waals surface area contributed by atoms with Crippen LogP contribution in [-0.2, 0) is 0 Å². The molecule has 0 aromatic rings. The minimum Gasteiger partial charge on any atom is -0.0925 e. The fourth-order valence-electron chi connectivity index (χ4n) is 1.41. The van der Waals surface area contributed by atoms with Crippen molar-refractivity contribution in [1.82, 2.24) is 0 Å². The smallest absolute Gasteiger partial charge is 0.00660 e. The summed E-state index contributed by atoms with van der Waals surface area (Å²) in [6.45, 7) is 4.52. The first kappa shape index (κ1) is 13.2. The molecule has 0 bridgehead atoms. The number of hydrogen-bond donors (Lipinski definition) is 0. The largest absolute Gasteiger partial charge is 0.0925 e. The fraction of sp³-hybridized carbons (Fsp3) is 0.833. The Balaban J connectivity index is 3.21. The van der Waals surface area contributed by atoms with Crippen molar-refractivity contribution in [3.63, 3.8) is 0 Å². The van der Waals surface area contributed by atoms with Gasteiger partial charge in [-0.2, -0.15) is 0 Å². The maximum absolute atomic E-state index is 3.44. The first-order valence-electron chi connectivity index (χ1n) is 5.52. The molecule has 0 aromatic heterocycles. The van der Waals surface area contributed by atoms with Gasteiger partial charge in [0.1, 0.15) is 0 Å². The van der Waals surface area contributed by atoms with Crippen LogP contribution in [0.1, 0.15) is 58.8 Å². The van der Waals surface area contributed by atoms with E-state index < -0.39 is 0 Å². The Bertz CT molecular complexity index is 127. The Kier molecular flexibility index (Phi) is 10.5. The highest BCUT2D eigenvalue weighted by molar-refractivity contribution is 9.09. The summed E-state index contributed by atoms with van der Waals surface area (Å²) < 4.78 is 0. The van der Waals surface area contributed by atoms with Crippen molar-refractivity contribution in [3.05, 3.63) is 11.6 Å². The Hall–Kier alpha value is 0.220. The zero-order chi connectivity index (χ0) is 9.94. The van der Waals surface area contributed by atoms with Crippen LogP contribution in [-0.4, -0.2) is 5.33 Å². The topological polar surface area (TPSA) is 0 Å². The molecule has 0 rings (SSSR count). The second kappa shape index (κ2) is 10.3. The molecule has 0 N–H and O–H groups in total. The van der Waals surface area contributed by atoms with Gasteiger partial charge in [0.15, 0.2) is 0 Å². The second-order valence-corrected chi connectivity index (χ2v) is 4.49. The molecule has 0 saturated heterocycles. The van der Waals surface area contributed by atoms with E-state index in [1.807, 2.05) is 0 Å². The summed E-state index contributed by atoms with van der Waals surface area (Å²) in [5.74, 6) is 0. The quantitative estimate of drug-likeness (QED) is 0.319. The number of allylic oxidation sites excluding steroid dienone is 2. The molecule has 0 saturated carbocycles. The number of unbranched alkanes of at least 4 members (excludes halogenated alkanes) is 4. The van der Waals surface area contributed by atoms with E-state index in [0.29, 0.717) is 0 Å². The minimum absolute atomic E-state index is 1.10. The molecule has 0 radical (unpaired) electrons. The lowest BCUT2D eigenvalue weighted by atomic mass is 10.1. The Morgan fingerprint density at radius 1 is 1.15 bits per heavy atom. The number of alkyl halides is 1. The van der Waals surface area contributed by atoms with E-state index in [-0.39, 0.29) is 0 Å². The van der Waals surface area contributed by atoms with Crippen LogP contribution in [0.4, 0.5) is 0 Å². The van der Waals surface area contributed by atoms with Gasteiger partial charge in [0.2, 0.25) is 0 Å². The summed E-state index contributed by atoms with van der Waals surface area (Å²) in [7, 11) is 0.